The third-order valence-corrected chi connectivity index (χ3v) is 14.6. The predicted octanol–water partition coefficient (Wildman–Crippen LogP) is 3.82. The van der Waals surface area contributed by atoms with Gasteiger partial charge in [-0.3, -0.25) is 4.79 Å². The first-order valence-electron chi connectivity index (χ1n) is 28.4. The number of ether oxygens (including phenoxy) is 6. The van der Waals surface area contributed by atoms with E-state index >= 15 is 0 Å². The molecule has 19 heteroatoms. The second-order valence-electron chi connectivity index (χ2n) is 20.8. The van der Waals surface area contributed by atoms with Crippen LogP contribution in [0.1, 0.15) is 194 Å². The maximum atomic E-state index is 13.2. The summed E-state index contributed by atoms with van der Waals surface area (Å²) < 4.78 is 34.2. The van der Waals surface area contributed by atoms with Crippen LogP contribution in [-0.4, -0.2) is 193 Å². The van der Waals surface area contributed by atoms with Crippen molar-refractivity contribution in [2.24, 2.45) is 0 Å². The van der Waals surface area contributed by atoms with Gasteiger partial charge in [0.25, 0.3) is 0 Å². The van der Waals surface area contributed by atoms with Crippen LogP contribution in [0.4, 0.5) is 0 Å². The van der Waals surface area contributed by atoms with Crippen molar-refractivity contribution >= 4 is 5.91 Å². The second-order valence-corrected chi connectivity index (χ2v) is 20.8. The van der Waals surface area contributed by atoms with E-state index < -0.39 is 124 Å². The largest absolute Gasteiger partial charge is 0.394 e. The zero-order valence-corrected chi connectivity index (χ0v) is 44.4. The quantitative estimate of drug-likeness (QED) is 0.0306. The molecule has 0 spiro atoms. The fourth-order valence-electron chi connectivity index (χ4n) is 9.84. The van der Waals surface area contributed by atoms with Crippen LogP contribution in [-0.2, 0) is 33.2 Å². The van der Waals surface area contributed by atoms with Crippen LogP contribution < -0.4 is 5.32 Å². The van der Waals surface area contributed by atoms with Crippen LogP contribution in [0.25, 0.3) is 0 Å². The van der Waals surface area contributed by atoms with Gasteiger partial charge in [-0.05, 0) is 19.3 Å². The Morgan fingerprint density at radius 1 is 0.479 bits per heavy atom. The first-order chi connectivity index (χ1) is 35.3. The van der Waals surface area contributed by atoms with Crippen LogP contribution in [0, 0.1) is 0 Å². The molecule has 0 radical (unpaired) electrons. The highest BCUT2D eigenvalue weighted by atomic mass is 16.8. The minimum absolute atomic E-state index is 0.248. The third kappa shape index (κ3) is 24.0. The number of hydrogen-bond acceptors (Lipinski definition) is 18. The lowest BCUT2D eigenvalue weighted by molar-refractivity contribution is -0.379. The van der Waals surface area contributed by atoms with E-state index in [1.807, 2.05) is 6.08 Å². The highest BCUT2D eigenvalue weighted by molar-refractivity contribution is 5.76. The van der Waals surface area contributed by atoms with E-state index in [1.54, 1.807) is 6.08 Å². The van der Waals surface area contributed by atoms with Gasteiger partial charge in [-0.25, -0.2) is 0 Å². The maximum absolute atomic E-state index is 13.2. The Balaban J connectivity index is 1.53. The van der Waals surface area contributed by atoms with Gasteiger partial charge < -0.3 is 89.9 Å². The Kier molecular flexibility index (Phi) is 35.1. The molecule has 0 aliphatic carbocycles. The molecule has 12 N–H and O–H groups in total. The van der Waals surface area contributed by atoms with Crippen molar-refractivity contribution in [1.29, 1.82) is 0 Å². The van der Waals surface area contributed by atoms with Crippen molar-refractivity contribution in [3.8, 4) is 0 Å². The number of nitrogens with one attached hydrogen (secondary N) is 1. The van der Waals surface area contributed by atoms with Crippen LogP contribution in [0.3, 0.4) is 0 Å². The molecule has 3 aliphatic heterocycles. The molecule has 17 atom stereocenters. The monoisotopic (exact) mass is 1050 g/mol. The standard InChI is InChI=1S/C54H101NO18/c1-3-5-7-9-11-13-15-16-17-18-19-20-22-23-25-27-29-31-38(59)37(55-42(60)32-30-28-26-24-21-14-12-10-8-6-4-2)36-68-52-48(66)45(63)50(40(34-57)70-52)73-54-49(67)46(64)51(41(35-58)71-54)72-53-47(65)44(62)43(61)39(33-56)69-53/h29,31,37-41,43-54,56-59,61-67H,3-28,30,32-36H2,1-2H3,(H,55,60)/b31-29+. The van der Waals surface area contributed by atoms with Gasteiger partial charge in [-0.15, -0.1) is 0 Å². The van der Waals surface area contributed by atoms with Gasteiger partial charge in [0.15, 0.2) is 18.9 Å². The summed E-state index contributed by atoms with van der Waals surface area (Å²) in [5.41, 5.74) is 0. The fourth-order valence-corrected chi connectivity index (χ4v) is 9.84. The number of rotatable bonds is 41. The molecule has 73 heavy (non-hydrogen) atoms. The molecule has 0 aromatic carbocycles. The Hall–Kier alpha value is -1.47. The minimum Gasteiger partial charge on any atom is -0.394 e. The summed E-state index contributed by atoms with van der Waals surface area (Å²) in [5.74, 6) is -0.276. The molecule has 0 aromatic rings. The average Bonchev–Trinajstić information content (AvgIpc) is 3.39. The van der Waals surface area contributed by atoms with Gasteiger partial charge in [0, 0.05) is 6.42 Å². The van der Waals surface area contributed by atoms with Crippen LogP contribution in [0.15, 0.2) is 12.2 Å². The van der Waals surface area contributed by atoms with Gasteiger partial charge in [0.1, 0.15) is 73.2 Å². The number of carbonyl (C=O) groups excluding carboxylic acids is 1. The van der Waals surface area contributed by atoms with E-state index in [9.17, 15) is 61.0 Å². The van der Waals surface area contributed by atoms with Gasteiger partial charge in [-0.1, -0.05) is 180 Å². The SMILES string of the molecule is CCCCCCCCCCCCCCCCC/C=C/C(O)C(COC1OC(CO)C(OC2OC(CO)C(OC3OC(CO)C(O)C(O)C3O)C(O)C2O)C(O)C1O)NC(=O)CCCCCCCCCCCCC. The number of unbranched alkanes of at least 4 members (excludes halogenated alkanes) is 25. The second kappa shape index (κ2) is 39.0. The summed E-state index contributed by atoms with van der Waals surface area (Å²) in [7, 11) is 0. The smallest absolute Gasteiger partial charge is 0.220 e. The van der Waals surface area contributed by atoms with E-state index in [0.29, 0.717) is 6.42 Å². The summed E-state index contributed by atoms with van der Waals surface area (Å²) in [6.45, 7) is 1.70. The first kappa shape index (κ1) is 65.8. The summed E-state index contributed by atoms with van der Waals surface area (Å²) in [6.07, 6.45) is 9.17. The van der Waals surface area contributed by atoms with E-state index in [1.165, 1.54) is 122 Å². The fraction of sp³-hybridized carbons (Fsp3) is 0.944. The average molecular weight is 1050 g/mol. The Labute approximate surface area is 436 Å². The Bertz CT molecular complexity index is 1400. The lowest BCUT2D eigenvalue weighted by Gasteiger charge is -2.48. The molecular weight excluding hydrogens is 951 g/mol. The molecule has 3 saturated heterocycles. The highest BCUT2D eigenvalue weighted by Crippen LogP contribution is 2.33. The lowest BCUT2D eigenvalue weighted by Crippen LogP contribution is -2.66. The van der Waals surface area contributed by atoms with Crippen molar-refractivity contribution in [2.75, 3.05) is 26.4 Å². The summed E-state index contributed by atoms with van der Waals surface area (Å²) in [6, 6.07) is -0.965. The summed E-state index contributed by atoms with van der Waals surface area (Å²) in [4.78, 5) is 13.2. The van der Waals surface area contributed by atoms with Crippen LogP contribution >= 0.6 is 0 Å². The van der Waals surface area contributed by atoms with Crippen molar-refractivity contribution in [3.63, 3.8) is 0 Å². The van der Waals surface area contributed by atoms with Crippen LogP contribution in [0.5, 0.6) is 0 Å². The number of amides is 1. The predicted molar refractivity (Wildman–Crippen MR) is 273 cm³/mol. The molecular formula is C54H101NO18. The maximum Gasteiger partial charge on any atom is 0.220 e. The zero-order chi connectivity index (χ0) is 53.4. The van der Waals surface area contributed by atoms with Crippen molar-refractivity contribution in [3.05, 3.63) is 12.2 Å². The highest BCUT2D eigenvalue weighted by Gasteiger charge is 2.53. The van der Waals surface area contributed by atoms with E-state index in [2.05, 4.69) is 19.2 Å². The Morgan fingerprint density at radius 3 is 1.29 bits per heavy atom. The minimum atomic E-state index is -1.97. The molecule has 19 nitrogen and oxygen atoms in total. The van der Waals surface area contributed by atoms with Crippen molar-refractivity contribution < 1.29 is 89.4 Å². The molecule has 0 saturated carbocycles. The molecule has 3 fully saturated rings. The Morgan fingerprint density at radius 2 is 0.849 bits per heavy atom. The lowest BCUT2D eigenvalue weighted by atomic mass is 9.96. The molecule has 3 aliphatic rings. The van der Waals surface area contributed by atoms with E-state index in [0.717, 1.165) is 44.9 Å². The molecule has 3 rings (SSSR count). The molecule has 0 bridgehead atoms. The van der Waals surface area contributed by atoms with Gasteiger partial charge in [-0.2, -0.15) is 0 Å². The number of allylic oxidation sites excluding steroid dienone is 1. The summed E-state index contributed by atoms with van der Waals surface area (Å²) in [5, 5.41) is 120. The third-order valence-electron chi connectivity index (χ3n) is 14.6. The number of hydrogen-bond donors (Lipinski definition) is 12. The molecule has 17 unspecified atom stereocenters. The normalized spacial score (nSPS) is 31.8. The topological polar surface area (TPSA) is 307 Å². The molecule has 430 valence electrons. The molecule has 0 aromatic heterocycles. The zero-order valence-electron chi connectivity index (χ0n) is 44.4. The van der Waals surface area contributed by atoms with Gasteiger partial charge >= 0.3 is 0 Å². The summed E-state index contributed by atoms with van der Waals surface area (Å²) >= 11 is 0. The van der Waals surface area contributed by atoms with Gasteiger partial charge in [0.05, 0.1) is 38.6 Å². The van der Waals surface area contributed by atoms with E-state index in [-0.39, 0.29) is 18.9 Å². The first-order valence-corrected chi connectivity index (χ1v) is 28.4. The number of aliphatic hydroxyl groups is 11. The number of carbonyl (C=O) groups is 1. The molecule has 3 heterocycles. The van der Waals surface area contributed by atoms with Crippen molar-refractivity contribution in [1.82, 2.24) is 5.32 Å². The van der Waals surface area contributed by atoms with Crippen LogP contribution in [0.2, 0.25) is 0 Å². The van der Waals surface area contributed by atoms with Crippen molar-refractivity contribution in [2.45, 2.75) is 298 Å². The molecule has 1 amide bonds. The van der Waals surface area contributed by atoms with E-state index in [4.69, 9.17) is 28.4 Å². The van der Waals surface area contributed by atoms with Gasteiger partial charge in [0.2, 0.25) is 5.91 Å². The number of aliphatic hydroxyl groups excluding tert-OH is 11.